The number of anilines is 2. The minimum absolute atomic E-state index is 0.120. The van der Waals surface area contributed by atoms with E-state index >= 15 is 0 Å². The van der Waals surface area contributed by atoms with Crippen LogP contribution in [-0.4, -0.2) is 38.9 Å². The van der Waals surface area contributed by atoms with Gasteiger partial charge in [0.15, 0.2) is 0 Å². The van der Waals surface area contributed by atoms with Crippen LogP contribution >= 0.6 is 0 Å². The van der Waals surface area contributed by atoms with Gasteiger partial charge >= 0.3 is 0 Å². The fourth-order valence-electron chi connectivity index (χ4n) is 2.41. The lowest BCUT2D eigenvalue weighted by Gasteiger charge is -2.31. The van der Waals surface area contributed by atoms with E-state index in [9.17, 15) is 4.79 Å². The molecule has 0 bridgehead atoms. The molecule has 2 aromatic rings. The van der Waals surface area contributed by atoms with Crippen molar-refractivity contribution in [3.63, 3.8) is 0 Å². The topological polar surface area (TPSA) is 83.9 Å². The maximum Gasteiger partial charge on any atom is 0.294 e. The highest BCUT2D eigenvalue weighted by molar-refractivity contribution is 6.00. The molecule has 114 valence electrons. The number of carbonyl (C=O) groups excluding carboxylic acids is 1. The van der Waals surface area contributed by atoms with Crippen LogP contribution in [0.3, 0.4) is 0 Å². The Morgan fingerprint density at radius 2 is 1.91 bits per heavy atom. The zero-order chi connectivity index (χ0) is 15.4. The molecule has 0 atom stereocenters. The molecule has 0 radical (unpaired) electrons. The minimum Gasteiger partial charge on any atom is -0.356 e. The molecule has 0 aromatic carbocycles. The van der Waals surface area contributed by atoms with E-state index in [1.807, 2.05) is 0 Å². The smallest absolute Gasteiger partial charge is 0.294 e. The summed E-state index contributed by atoms with van der Waals surface area (Å²) in [5, 5.41) is 2.70. The van der Waals surface area contributed by atoms with Crippen molar-refractivity contribution in [2.24, 2.45) is 5.92 Å². The Labute approximate surface area is 128 Å². The number of aromatic nitrogens is 4. The first-order chi connectivity index (χ1) is 10.7. The van der Waals surface area contributed by atoms with Crippen LogP contribution < -0.4 is 10.2 Å². The predicted molar refractivity (Wildman–Crippen MR) is 82.6 cm³/mol. The maximum absolute atomic E-state index is 12.0. The van der Waals surface area contributed by atoms with Gasteiger partial charge in [-0.1, -0.05) is 6.92 Å². The van der Waals surface area contributed by atoms with E-state index in [1.54, 1.807) is 12.1 Å². The van der Waals surface area contributed by atoms with E-state index in [-0.39, 0.29) is 11.7 Å². The molecule has 1 saturated heterocycles. The first-order valence-corrected chi connectivity index (χ1v) is 7.38. The van der Waals surface area contributed by atoms with Gasteiger partial charge in [0.25, 0.3) is 5.91 Å². The number of hydrogen-bond acceptors (Lipinski definition) is 6. The monoisotopic (exact) mass is 298 g/mol. The number of amides is 1. The molecule has 1 fully saturated rings. The quantitative estimate of drug-likeness (QED) is 0.929. The summed E-state index contributed by atoms with van der Waals surface area (Å²) in [6.45, 7) is 4.23. The lowest BCUT2D eigenvalue weighted by molar-refractivity contribution is 0.101. The summed E-state index contributed by atoms with van der Waals surface area (Å²) in [6, 6.07) is 3.45. The Hall–Kier alpha value is -2.57. The highest BCUT2D eigenvalue weighted by atomic mass is 16.2. The summed E-state index contributed by atoms with van der Waals surface area (Å²) in [5.74, 6) is 1.80. The minimum atomic E-state index is -0.377. The van der Waals surface area contributed by atoms with E-state index in [2.05, 4.69) is 37.1 Å². The van der Waals surface area contributed by atoms with Crippen molar-refractivity contribution in [1.29, 1.82) is 0 Å². The molecule has 0 unspecified atom stereocenters. The fourth-order valence-corrected chi connectivity index (χ4v) is 2.41. The van der Waals surface area contributed by atoms with Gasteiger partial charge in [-0.3, -0.25) is 4.79 Å². The average Bonchev–Trinajstić information content (AvgIpc) is 2.56. The number of hydrogen-bond donors (Lipinski definition) is 1. The van der Waals surface area contributed by atoms with Gasteiger partial charge in [0.2, 0.25) is 5.82 Å². The predicted octanol–water partition coefficient (Wildman–Crippen LogP) is 1.76. The number of carbonyl (C=O) groups is 1. The van der Waals surface area contributed by atoms with Gasteiger partial charge in [0, 0.05) is 31.5 Å². The third kappa shape index (κ3) is 3.36. The van der Waals surface area contributed by atoms with Gasteiger partial charge in [0.1, 0.15) is 18.0 Å². The molecule has 0 saturated carbocycles. The van der Waals surface area contributed by atoms with Gasteiger partial charge < -0.3 is 10.2 Å². The van der Waals surface area contributed by atoms with Crippen molar-refractivity contribution < 1.29 is 4.79 Å². The van der Waals surface area contributed by atoms with Gasteiger partial charge in [0.05, 0.1) is 0 Å². The second kappa shape index (κ2) is 6.46. The van der Waals surface area contributed by atoms with Crippen LogP contribution in [0.4, 0.5) is 11.6 Å². The SMILES string of the molecule is CC1CCN(c2cc(NC(=O)c3ncccn3)ncn2)CC1. The number of rotatable bonds is 3. The maximum atomic E-state index is 12.0. The van der Waals surface area contributed by atoms with Crippen LogP contribution in [0, 0.1) is 5.92 Å². The van der Waals surface area contributed by atoms with Crippen LogP contribution in [0.5, 0.6) is 0 Å². The van der Waals surface area contributed by atoms with E-state index in [4.69, 9.17) is 0 Å². The first-order valence-electron chi connectivity index (χ1n) is 7.38. The summed E-state index contributed by atoms with van der Waals surface area (Å²) in [7, 11) is 0. The summed E-state index contributed by atoms with van der Waals surface area (Å²) in [5.41, 5.74) is 0. The van der Waals surface area contributed by atoms with E-state index in [0.29, 0.717) is 5.82 Å². The van der Waals surface area contributed by atoms with Crippen molar-refractivity contribution in [3.8, 4) is 0 Å². The van der Waals surface area contributed by atoms with Crippen LogP contribution in [0.2, 0.25) is 0 Å². The standard InChI is InChI=1S/C15H18N6O/c1-11-3-7-21(8-4-11)13-9-12(18-10-19-13)20-15(22)14-16-5-2-6-17-14/h2,5-6,9-11H,3-4,7-8H2,1H3,(H,18,19,20,22). The van der Waals surface area contributed by atoms with Crippen molar-refractivity contribution in [2.75, 3.05) is 23.3 Å². The Kier molecular flexibility index (Phi) is 4.22. The normalized spacial score (nSPS) is 15.6. The van der Waals surface area contributed by atoms with Gasteiger partial charge in [-0.05, 0) is 24.8 Å². The largest absolute Gasteiger partial charge is 0.356 e. The molecule has 1 aliphatic rings. The van der Waals surface area contributed by atoms with Gasteiger partial charge in [-0.15, -0.1) is 0 Å². The molecule has 0 aliphatic carbocycles. The summed E-state index contributed by atoms with van der Waals surface area (Å²) < 4.78 is 0. The molecule has 2 aromatic heterocycles. The number of piperidine rings is 1. The van der Waals surface area contributed by atoms with Gasteiger partial charge in [-0.2, -0.15) is 0 Å². The van der Waals surface area contributed by atoms with Crippen molar-refractivity contribution in [1.82, 2.24) is 19.9 Å². The van der Waals surface area contributed by atoms with Crippen LogP contribution in [0.15, 0.2) is 30.9 Å². The molecule has 7 nitrogen and oxygen atoms in total. The molecular weight excluding hydrogens is 280 g/mol. The van der Waals surface area contributed by atoms with Gasteiger partial charge in [-0.25, -0.2) is 19.9 Å². The fraction of sp³-hybridized carbons (Fsp3) is 0.400. The second-order valence-electron chi connectivity index (χ2n) is 5.46. The van der Waals surface area contributed by atoms with Crippen LogP contribution in [0.1, 0.15) is 30.4 Å². The first kappa shape index (κ1) is 14.4. The summed E-state index contributed by atoms with van der Waals surface area (Å²) in [4.78, 5) is 30.5. The molecule has 7 heteroatoms. The zero-order valence-corrected chi connectivity index (χ0v) is 12.4. The highest BCUT2D eigenvalue weighted by Crippen LogP contribution is 2.22. The third-order valence-corrected chi connectivity index (χ3v) is 3.77. The molecular formula is C15H18N6O. The molecule has 1 amide bonds. The zero-order valence-electron chi connectivity index (χ0n) is 12.4. The van der Waals surface area contributed by atoms with Crippen LogP contribution in [0.25, 0.3) is 0 Å². The lowest BCUT2D eigenvalue weighted by Crippen LogP contribution is -2.33. The van der Waals surface area contributed by atoms with Crippen molar-refractivity contribution in [2.45, 2.75) is 19.8 Å². The average molecular weight is 298 g/mol. The van der Waals surface area contributed by atoms with E-state index in [1.165, 1.54) is 18.7 Å². The number of nitrogens with one attached hydrogen (secondary N) is 1. The van der Waals surface area contributed by atoms with E-state index < -0.39 is 0 Å². The van der Waals surface area contributed by atoms with E-state index in [0.717, 1.165) is 37.7 Å². The molecule has 1 aliphatic heterocycles. The van der Waals surface area contributed by atoms with Crippen LogP contribution in [-0.2, 0) is 0 Å². The van der Waals surface area contributed by atoms with Crippen molar-refractivity contribution >= 4 is 17.5 Å². The molecule has 3 rings (SSSR count). The number of nitrogens with zero attached hydrogens (tertiary/aromatic N) is 5. The Bertz CT molecular complexity index is 639. The second-order valence-corrected chi connectivity index (χ2v) is 5.46. The Morgan fingerprint density at radius 1 is 1.18 bits per heavy atom. The molecule has 0 spiro atoms. The Balaban J connectivity index is 1.70. The lowest BCUT2D eigenvalue weighted by atomic mass is 9.99. The summed E-state index contributed by atoms with van der Waals surface area (Å²) in [6.07, 6.45) is 6.84. The Morgan fingerprint density at radius 3 is 2.64 bits per heavy atom. The third-order valence-electron chi connectivity index (χ3n) is 3.77. The van der Waals surface area contributed by atoms with Crippen molar-refractivity contribution in [3.05, 3.63) is 36.7 Å². The highest BCUT2D eigenvalue weighted by Gasteiger charge is 2.18. The molecule has 22 heavy (non-hydrogen) atoms. The summed E-state index contributed by atoms with van der Waals surface area (Å²) >= 11 is 0. The molecule has 3 heterocycles. The molecule has 1 N–H and O–H groups in total.